The van der Waals surface area contributed by atoms with Crippen molar-refractivity contribution in [3.05, 3.63) is 48.0 Å². The maximum Gasteiger partial charge on any atom is 0.0372 e. The number of fused-ring (bicyclic) bond motifs is 3. The number of hydrogen-bond donors (Lipinski definition) is 0. The summed E-state index contributed by atoms with van der Waals surface area (Å²) in [5.41, 5.74) is 4.34. The van der Waals surface area contributed by atoms with Crippen LogP contribution in [0.1, 0.15) is 38.7 Å². The third kappa shape index (κ3) is 2.53. The van der Waals surface area contributed by atoms with Crippen LogP contribution >= 0.6 is 0 Å². The Bertz CT molecular complexity index is 773. The zero-order valence-electron chi connectivity index (χ0n) is 15.1. The van der Waals surface area contributed by atoms with E-state index in [4.69, 9.17) is 0 Å². The number of benzene rings is 2. The Morgan fingerprint density at radius 2 is 1.92 bits per heavy atom. The summed E-state index contributed by atoms with van der Waals surface area (Å²) in [6.07, 6.45) is 6.39. The second-order valence-electron chi connectivity index (χ2n) is 7.24. The van der Waals surface area contributed by atoms with Gasteiger partial charge in [0.2, 0.25) is 0 Å². The Balaban J connectivity index is 1.76. The van der Waals surface area contributed by atoms with Crippen molar-refractivity contribution in [2.45, 2.75) is 45.2 Å². The minimum Gasteiger partial charge on any atom is -0.372 e. The highest BCUT2D eigenvalue weighted by Crippen LogP contribution is 2.39. The molecule has 0 N–H and O–H groups in total. The Morgan fingerprint density at radius 3 is 2.67 bits per heavy atom. The Kier molecular flexibility index (Phi) is 4.09. The van der Waals surface area contributed by atoms with Gasteiger partial charge in [0, 0.05) is 30.9 Å². The van der Waals surface area contributed by atoms with E-state index in [1.807, 2.05) is 0 Å². The van der Waals surface area contributed by atoms with Gasteiger partial charge < -0.3 is 4.90 Å². The molecular formula is C22H28N2. The summed E-state index contributed by atoms with van der Waals surface area (Å²) in [5, 5.41) is 2.77. The third-order valence-electron chi connectivity index (χ3n) is 6.08. The molecule has 24 heavy (non-hydrogen) atoms. The molecule has 2 aromatic rings. The molecule has 2 atom stereocenters. The van der Waals surface area contributed by atoms with Crippen molar-refractivity contribution in [2.24, 2.45) is 0 Å². The van der Waals surface area contributed by atoms with Crippen LogP contribution in [0.25, 0.3) is 16.3 Å². The molecule has 2 heteroatoms. The van der Waals surface area contributed by atoms with Gasteiger partial charge in [-0.3, -0.25) is 4.90 Å². The lowest BCUT2D eigenvalue weighted by Crippen LogP contribution is -2.34. The number of hydrogen-bond acceptors (Lipinski definition) is 2. The van der Waals surface area contributed by atoms with Gasteiger partial charge in [-0.1, -0.05) is 30.3 Å². The van der Waals surface area contributed by atoms with E-state index in [-0.39, 0.29) is 0 Å². The quantitative estimate of drug-likeness (QED) is 0.787. The lowest BCUT2D eigenvalue weighted by molar-refractivity contribution is 0.264. The van der Waals surface area contributed by atoms with Crippen LogP contribution < -0.4 is 4.90 Å². The van der Waals surface area contributed by atoms with Crippen LogP contribution in [0.5, 0.6) is 0 Å². The normalized spacial score (nSPS) is 23.5. The minimum absolute atomic E-state index is 0.643. The number of rotatable bonds is 4. The van der Waals surface area contributed by atoms with Crippen molar-refractivity contribution in [1.29, 1.82) is 0 Å². The molecule has 126 valence electrons. The van der Waals surface area contributed by atoms with Gasteiger partial charge in [0.05, 0.1) is 0 Å². The van der Waals surface area contributed by atoms with Crippen molar-refractivity contribution in [3.8, 4) is 0 Å². The van der Waals surface area contributed by atoms with E-state index in [0.717, 1.165) is 19.1 Å². The van der Waals surface area contributed by atoms with E-state index in [2.05, 4.69) is 73.2 Å². The van der Waals surface area contributed by atoms with Crippen molar-refractivity contribution in [3.63, 3.8) is 0 Å². The second-order valence-corrected chi connectivity index (χ2v) is 7.24. The first-order valence-corrected chi connectivity index (χ1v) is 9.42. The van der Waals surface area contributed by atoms with Gasteiger partial charge in [0.25, 0.3) is 0 Å². The summed E-state index contributed by atoms with van der Waals surface area (Å²) in [5.74, 6) is 0. The van der Waals surface area contributed by atoms with E-state index >= 15 is 0 Å². The Labute approximate surface area is 145 Å². The van der Waals surface area contributed by atoms with Gasteiger partial charge >= 0.3 is 0 Å². The van der Waals surface area contributed by atoms with Crippen LogP contribution in [0.15, 0.2) is 42.5 Å². The molecule has 2 bridgehead atoms. The van der Waals surface area contributed by atoms with E-state index in [1.54, 1.807) is 5.57 Å². The molecule has 0 radical (unpaired) electrons. The van der Waals surface area contributed by atoms with E-state index in [1.165, 1.54) is 41.3 Å². The average molecular weight is 320 g/mol. The van der Waals surface area contributed by atoms with Crippen LogP contribution in [0.3, 0.4) is 0 Å². The molecule has 2 nitrogen and oxygen atoms in total. The maximum atomic E-state index is 2.56. The highest BCUT2D eigenvalue weighted by molar-refractivity contribution is 5.96. The summed E-state index contributed by atoms with van der Waals surface area (Å²) >= 11 is 0. The molecule has 1 fully saturated rings. The molecular weight excluding hydrogens is 292 g/mol. The van der Waals surface area contributed by atoms with Crippen LogP contribution in [0.2, 0.25) is 0 Å². The zero-order chi connectivity index (χ0) is 16.7. The van der Waals surface area contributed by atoms with Gasteiger partial charge in [-0.25, -0.2) is 0 Å². The van der Waals surface area contributed by atoms with Gasteiger partial charge in [-0.05, 0) is 74.2 Å². The van der Waals surface area contributed by atoms with Gasteiger partial charge in [0.1, 0.15) is 0 Å². The standard InChI is InChI=1S/C22H28N2/c1-4-24(5-2)20-11-12-22-16(13-20)7-6-8-21(22)17-14-18-9-10-19(15-17)23(18)3/h6-8,11-14,18-19H,4-5,9-10,15H2,1-3H3. The van der Waals surface area contributed by atoms with Crippen molar-refractivity contribution in [2.75, 3.05) is 25.0 Å². The first-order valence-electron chi connectivity index (χ1n) is 9.42. The Morgan fingerprint density at radius 1 is 1.08 bits per heavy atom. The van der Waals surface area contributed by atoms with Crippen molar-refractivity contribution < 1.29 is 0 Å². The van der Waals surface area contributed by atoms with Crippen LogP contribution in [0.4, 0.5) is 5.69 Å². The molecule has 2 unspecified atom stereocenters. The summed E-state index contributed by atoms with van der Waals surface area (Å²) in [7, 11) is 2.29. The summed E-state index contributed by atoms with van der Waals surface area (Å²) in [6, 6.07) is 15.2. The monoisotopic (exact) mass is 320 g/mol. The number of likely N-dealkylation sites (N-methyl/N-ethyl adjacent to an activating group) is 1. The lowest BCUT2D eigenvalue weighted by atomic mass is 9.91. The smallest absolute Gasteiger partial charge is 0.0372 e. The fraction of sp³-hybridized carbons (Fsp3) is 0.455. The Hall–Kier alpha value is -1.80. The molecule has 2 heterocycles. The largest absolute Gasteiger partial charge is 0.372 e. The molecule has 2 aromatic carbocycles. The first-order chi connectivity index (χ1) is 11.7. The molecule has 2 aliphatic rings. The number of nitrogens with zero attached hydrogens (tertiary/aromatic N) is 2. The molecule has 0 aromatic heterocycles. The maximum absolute atomic E-state index is 2.56. The van der Waals surface area contributed by atoms with E-state index < -0.39 is 0 Å². The van der Waals surface area contributed by atoms with E-state index in [0.29, 0.717) is 6.04 Å². The molecule has 0 amide bonds. The average Bonchev–Trinajstić information content (AvgIpc) is 2.83. The molecule has 1 saturated heterocycles. The summed E-state index contributed by atoms with van der Waals surface area (Å²) in [4.78, 5) is 4.98. The highest BCUT2D eigenvalue weighted by atomic mass is 15.2. The summed E-state index contributed by atoms with van der Waals surface area (Å²) < 4.78 is 0. The fourth-order valence-electron chi connectivity index (χ4n) is 4.58. The molecule has 0 saturated carbocycles. The number of anilines is 1. The highest BCUT2D eigenvalue weighted by Gasteiger charge is 2.34. The van der Waals surface area contributed by atoms with Gasteiger partial charge in [-0.2, -0.15) is 0 Å². The predicted octanol–water partition coefficient (Wildman–Crippen LogP) is 4.94. The zero-order valence-corrected chi connectivity index (χ0v) is 15.1. The third-order valence-corrected chi connectivity index (χ3v) is 6.08. The van der Waals surface area contributed by atoms with Crippen molar-refractivity contribution in [1.82, 2.24) is 4.90 Å². The minimum atomic E-state index is 0.643. The molecule has 0 aliphatic carbocycles. The van der Waals surface area contributed by atoms with Crippen LogP contribution in [-0.2, 0) is 0 Å². The topological polar surface area (TPSA) is 6.48 Å². The molecule has 4 rings (SSSR count). The fourth-order valence-corrected chi connectivity index (χ4v) is 4.58. The SMILES string of the molecule is CCN(CC)c1ccc2c(C3=CC4CCC(C3)N4C)cccc2c1. The van der Waals surface area contributed by atoms with Crippen LogP contribution in [-0.4, -0.2) is 37.1 Å². The summed E-state index contributed by atoms with van der Waals surface area (Å²) in [6.45, 7) is 6.57. The van der Waals surface area contributed by atoms with E-state index in [9.17, 15) is 0 Å². The second kappa shape index (κ2) is 6.25. The lowest BCUT2D eigenvalue weighted by Gasteiger charge is -2.31. The van der Waals surface area contributed by atoms with Crippen LogP contribution in [0, 0.1) is 0 Å². The van der Waals surface area contributed by atoms with Gasteiger partial charge in [0.15, 0.2) is 0 Å². The molecule has 2 aliphatic heterocycles. The van der Waals surface area contributed by atoms with Gasteiger partial charge in [-0.15, -0.1) is 0 Å². The van der Waals surface area contributed by atoms with Crippen molar-refractivity contribution >= 4 is 22.0 Å². The first kappa shape index (κ1) is 15.7. The molecule has 0 spiro atoms. The predicted molar refractivity (Wildman–Crippen MR) is 105 cm³/mol.